The fourth-order valence-corrected chi connectivity index (χ4v) is 18.4. The van der Waals surface area contributed by atoms with Crippen LogP contribution < -0.4 is 0 Å². The zero-order valence-corrected chi connectivity index (χ0v) is 52.6. The van der Waals surface area contributed by atoms with E-state index in [0.29, 0.717) is 41.7 Å². The van der Waals surface area contributed by atoms with Crippen LogP contribution in [0.3, 0.4) is 0 Å². The Morgan fingerprint density at radius 3 is 1.11 bits per heavy atom. The zero-order valence-electron chi connectivity index (χ0n) is 52.6. The van der Waals surface area contributed by atoms with Crippen LogP contribution in [0.5, 0.6) is 0 Å². The average molecular weight is 1150 g/mol. The molecule has 8 fully saturated rings. The van der Waals surface area contributed by atoms with Crippen LogP contribution in [0.15, 0.2) is 121 Å². The number of aliphatic hydroxyl groups excluding tert-OH is 2. The van der Waals surface area contributed by atoms with Gasteiger partial charge in [-0.2, -0.15) is 0 Å². The van der Waals surface area contributed by atoms with E-state index in [1.807, 2.05) is 121 Å². The minimum absolute atomic E-state index is 0.0172. The molecule has 8 saturated heterocycles. The van der Waals surface area contributed by atoms with Crippen molar-refractivity contribution in [1.29, 1.82) is 0 Å². The molecule has 16 atom stereocenters. The fraction of sp³-hybridized carbons (Fsp3) is 0.622. The van der Waals surface area contributed by atoms with Gasteiger partial charge in [0.15, 0.2) is 23.7 Å². The molecule has 0 saturated carbocycles. The number of nitrogens with zero attached hydrogens (tertiary/aromatic N) is 4. The van der Waals surface area contributed by atoms with Crippen molar-refractivity contribution < 1.29 is 47.3 Å². The third-order valence-electron chi connectivity index (χ3n) is 23.3. The van der Waals surface area contributed by atoms with Crippen molar-refractivity contribution in [1.82, 2.24) is 0 Å². The number of aliphatic hydroxyl groups is 2. The van der Waals surface area contributed by atoms with Crippen molar-refractivity contribution >= 4 is 23.1 Å². The number of rotatable bonds is 12. The lowest BCUT2D eigenvalue weighted by molar-refractivity contribution is -0.958. The number of carbonyl (C=O) groups excluding carboxylic acids is 4. The third-order valence-corrected chi connectivity index (χ3v) is 23.3. The lowest BCUT2D eigenvalue weighted by Gasteiger charge is -2.54. The van der Waals surface area contributed by atoms with E-state index in [1.165, 1.54) is 110 Å². The Balaban J connectivity index is 0.000000134. The first kappa shape index (κ1) is 63.8. The number of hydrogen-bond donors (Lipinski definition) is 2. The quantitative estimate of drug-likeness (QED) is 0.108. The van der Waals surface area contributed by atoms with Crippen LogP contribution in [0.1, 0.15) is 184 Å². The van der Waals surface area contributed by atoms with Gasteiger partial charge in [-0.3, -0.25) is 19.2 Å². The summed E-state index contributed by atoms with van der Waals surface area (Å²) in [5.74, 6) is 3.62. The molecule has 0 radical (unpaired) electrons. The molecule has 8 heterocycles. The van der Waals surface area contributed by atoms with Gasteiger partial charge in [-0.25, -0.2) is 0 Å². The molecule has 456 valence electrons. The van der Waals surface area contributed by atoms with E-state index < -0.39 is 0 Å². The van der Waals surface area contributed by atoms with Crippen LogP contribution in [-0.2, 0) is 0 Å². The average Bonchev–Trinajstić information content (AvgIpc) is 2.48. The number of carbonyl (C=O) groups is 4. The van der Waals surface area contributed by atoms with Gasteiger partial charge in [0.2, 0.25) is 11.6 Å². The first-order valence-corrected chi connectivity index (χ1v) is 33.5. The Morgan fingerprint density at radius 1 is 0.381 bits per heavy atom. The summed E-state index contributed by atoms with van der Waals surface area (Å²) in [6.07, 6.45) is 23.8. The Kier molecular flexibility index (Phi) is 21.9. The summed E-state index contributed by atoms with van der Waals surface area (Å²) < 4.78 is 4.02. The van der Waals surface area contributed by atoms with Crippen LogP contribution in [0.2, 0.25) is 0 Å². The molecule has 0 aromatic heterocycles. The predicted molar refractivity (Wildman–Crippen MR) is 339 cm³/mol. The van der Waals surface area contributed by atoms with E-state index in [1.54, 1.807) is 0 Å². The summed E-state index contributed by atoms with van der Waals surface area (Å²) in [6, 6.07) is 41.7. The maximum Gasteiger partial charge on any atom is 0.220 e. The van der Waals surface area contributed by atoms with Gasteiger partial charge in [-0.15, -0.1) is 0 Å². The standard InChI is InChI=1S/2C19H28NO.2C18H26NO2/c1-3-15-13-17(19(21)16-9-5-4-6-10-16)18-11-7-8-12-20(18,2)14-15;1-3-15-13-17-11-7-8-12-20(17,2)18(14-15)19(21)16-9-5-4-6-10-16;1-19-10-6-5-9-17(19)16(11-14(12-19)13-20)18(21)15-7-3-2-4-8-15;1-19-10-6-5-9-16(19)11-14(13-20)12-17(19)18(21)15-7-3-2-4-8-15/h2*4-6,9-10,15,17-18H,3,7-8,11-14H2,1-2H3;2*2-4,7-8,14,16-17,20H,5-6,9-13H2,1H3/q4*+1. The number of fused-ring (bicyclic) bond motifs is 4. The third kappa shape index (κ3) is 14.3. The van der Waals surface area contributed by atoms with Crippen molar-refractivity contribution in [2.45, 2.75) is 179 Å². The second-order valence-corrected chi connectivity index (χ2v) is 28.6. The molecule has 0 spiro atoms. The van der Waals surface area contributed by atoms with Crippen LogP contribution >= 0.6 is 0 Å². The molecule has 10 heteroatoms. The number of benzene rings is 4. The second kappa shape index (κ2) is 28.9. The van der Waals surface area contributed by atoms with Gasteiger partial charge in [0, 0.05) is 79.2 Å². The molecule has 2 N–H and O–H groups in total. The number of piperidine rings is 8. The van der Waals surface area contributed by atoms with E-state index in [4.69, 9.17) is 0 Å². The second-order valence-electron chi connectivity index (χ2n) is 28.6. The largest absolute Gasteiger partial charge is 0.396 e. The van der Waals surface area contributed by atoms with Crippen LogP contribution in [0.25, 0.3) is 0 Å². The molecule has 0 bridgehead atoms. The minimum atomic E-state index is 0.0172. The first-order valence-electron chi connectivity index (χ1n) is 33.5. The van der Waals surface area contributed by atoms with Crippen LogP contribution in [-0.4, -0.2) is 168 Å². The van der Waals surface area contributed by atoms with Crippen LogP contribution in [0.4, 0.5) is 0 Å². The number of Topliss-reactive ketones (excluding diaryl/α,β-unsaturated/α-hetero) is 4. The SMILES string of the molecule is CCC1CC(C(=O)c2ccccc2)C2CCCC[N+]2(C)C1.CCC1CC2CCCC[N+]2(C)C(C(=O)c2ccccc2)C1.C[N+]12CCCCC1C(C(=O)c1ccccc1)CC(CO)C2.C[N+]12CCCCC1CC(CO)CC2C(=O)c1ccccc1. The van der Waals surface area contributed by atoms with Gasteiger partial charge in [0.05, 0.1) is 110 Å². The van der Waals surface area contributed by atoms with Crippen molar-refractivity contribution in [3.8, 4) is 0 Å². The van der Waals surface area contributed by atoms with Gasteiger partial charge in [0.25, 0.3) is 0 Å². The Hall–Kier alpha value is -4.68. The first-order chi connectivity index (χ1) is 40.6. The fourth-order valence-electron chi connectivity index (χ4n) is 18.4. The van der Waals surface area contributed by atoms with Gasteiger partial charge >= 0.3 is 0 Å². The van der Waals surface area contributed by atoms with Crippen molar-refractivity contribution in [2.75, 3.05) is 80.7 Å². The summed E-state index contributed by atoms with van der Waals surface area (Å²) in [5.41, 5.74) is 3.47. The molecule has 8 aliphatic rings. The predicted octanol–water partition coefficient (Wildman–Crippen LogP) is 13.1. The van der Waals surface area contributed by atoms with E-state index >= 15 is 0 Å². The molecule has 4 aromatic rings. The van der Waals surface area contributed by atoms with Crippen molar-refractivity contribution in [3.05, 3.63) is 144 Å². The summed E-state index contributed by atoms with van der Waals surface area (Å²) in [7, 11) is 9.30. The highest BCUT2D eigenvalue weighted by atomic mass is 16.3. The molecular weight excluding hydrogens is 1040 g/mol. The number of likely N-dealkylation sites (N-methyl/N-ethyl adjacent to an activating group) is 2. The Morgan fingerprint density at radius 2 is 0.714 bits per heavy atom. The maximum absolute atomic E-state index is 13.1. The normalized spacial score (nSPS) is 36.0. The smallest absolute Gasteiger partial charge is 0.220 e. The molecular formula is C74H108N4O6+4. The molecule has 4 aromatic carbocycles. The van der Waals surface area contributed by atoms with Crippen molar-refractivity contribution in [2.24, 2.45) is 35.5 Å². The maximum atomic E-state index is 13.1. The molecule has 0 aliphatic carbocycles. The zero-order chi connectivity index (χ0) is 59.5. The Labute approximate surface area is 506 Å². The summed E-state index contributed by atoms with van der Waals surface area (Å²) in [4.78, 5) is 52.1. The lowest BCUT2D eigenvalue weighted by atomic mass is 9.73. The molecule has 12 rings (SSSR count). The van der Waals surface area contributed by atoms with E-state index in [-0.39, 0.29) is 60.5 Å². The highest BCUT2D eigenvalue weighted by molar-refractivity contribution is 6.00. The van der Waals surface area contributed by atoms with E-state index in [9.17, 15) is 29.4 Å². The van der Waals surface area contributed by atoms with Gasteiger partial charge in [-0.05, 0) is 95.3 Å². The topological polar surface area (TPSA) is 109 Å². The highest BCUT2D eigenvalue weighted by Gasteiger charge is 2.54. The van der Waals surface area contributed by atoms with Crippen LogP contribution in [0, 0.1) is 35.5 Å². The number of quaternary nitrogens is 4. The molecule has 16 unspecified atom stereocenters. The highest BCUT2D eigenvalue weighted by Crippen LogP contribution is 2.45. The van der Waals surface area contributed by atoms with Gasteiger partial charge in [-0.1, -0.05) is 142 Å². The van der Waals surface area contributed by atoms with Gasteiger partial charge < -0.3 is 28.1 Å². The lowest BCUT2D eigenvalue weighted by Crippen LogP contribution is -2.66. The molecule has 10 nitrogen and oxygen atoms in total. The molecule has 0 amide bonds. The van der Waals surface area contributed by atoms with Gasteiger partial charge in [0.1, 0.15) is 0 Å². The number of hydrogen-bond acceptors (Lipinski definition) is 6. The number of ketones is 4. The molecule has 84 heavy (non-hydrogen) atoms. The van der Waals surface area contributed by atoms with E-state index in [0.717, 1.165) is 104 Å². The summed E-state index contributed by atoms with van der Waals surface area (Å²) in [5, 5.41) is 19.3. The van der Waals surface area contributed by atoms with E-state index in [2.05, 4.69) is 42.0 Å². The molecule has 8 aliphatic heterocycles. The minimum Gasteiger partial charge on any atom is -0.396 e. The summed E-state index contributed by atoms with van der Waals surface area (Å²) >= 11 is 0. The monoisotopic (exact) mass is 1150 g/mol. The van der Waals surface area contributed by atoms with Crippen molar-refractivity contribution in [3.63, 3.8) is 0 Å². The summed E-state index contributed by atoms with van der Waals surface area (Å²) in [6.45, 7) is 12.0. The Bertz CT molecular complexity index is 2560.